The molecule has 2 atom stereocenters. The maximum absolute atomic E-state index is 12.2. The number of amides is 1. The third-order valence-corrected chi connectivity index (χ3v) is 4.30. The highest BCUT2D eigenvalue weighted by Crippen LogP contribution is 2.27. The first kappa shape index (κ1) is 15.8. The van der Waals surface area contributed by atoms with Gasteiger partial charge in [0.1, 0.15) is 5.75 Å². The van der Waals surface area contributed by atoms with Crippen LogP contribution in [0.5, 0.6) is 5.75 Å². The number of hydrogen-bond donors (Lipinski definition) is 1. The monoisotopic (exact) mass is 290 g/mol. The van der Waals surface area contributed by atoms with E-state index in [0.29, 0.717) is 18.9 Å². The molecule has 1 aromatic rings. The van der Waals surface area contributed by atoms with Gasteiger partial charge in [-0.05, 0) is 31.7 Å². The van der Waals surface area contributed by atoms with Crippen molar-refractivity contribution in [1.29, 1.82) is 0 Å². The van der Waals surface area contributed by atoms with E-state index in [1.807, 2.05) is 24.0 Å². The average Bonchev–Trinajstić information content (AvgIpc) is 2.62. The second kappa shape index (κ2) is 6.94. The molecule has 1 saturated heterocycles. The van der Waals surface area contributed by atoms with Crippen molar-refractivity contribution in [3.8, 4) is 5.75 Å². The number of benzene rings is 1. The lowest BCUT2D eigenvalue weighted by Gasteiger charge is -2.25. The van der Waals surface area contributed by atoms with Gasteiger partial charge in [-0.2, -0.15) is 0 Å². The fraction of sp³-hybridized carbons (Fsp3) is 0.588. The van der Waals surface area contributed by atoms with E-state index in [9.17, 15) is 4.79 Å². The van der Waals surface area contributed by atoms with E-state index in [1.54, 1.807) is 7.11 Å². The lowest BCUT2D eigenvalue weighted by Crippen LogP contribution is -2.37. The van der Waals surface area contributed by atoms with Gasteiger partial charge in [0.05, 0.1) is 13.2 Å². The molecule has 0 radical (unpaired) electrons. The van der Waals surface area contributed by atoms with Crippen LogP contribution in [-0.4, -0.2) is 31.0 Å². The highest BCUT2D eigenvalue weighted by Gasteiger charge is 2.23. The van der Waals surface area contributed by atoms with E-state index in [-0.39, 0.29) is 11.9 Å². The molecule has 1 aliphatic heterocycles. The van der Waals surface area contributed by atoms with Crippen LogP contribution < -0.4 is 10.5 Å². The van der Waals surface area contributed by atoms with Crippen molar-refractivity contribution < 1.29 is 9.53 Å². The maximum Gasteiger partial charge on any atom is 0.222 e. The third-order valence-electron chi connectivity index (χ3n) is 4.30. The van der Waals surface area contributed by atoms with Gasteiger partial charge >= 0.3 is 0 Å². The molecule has 0 aromatic heterocycles. The highest BCUT2D eigenvalue weighted by molar-refractivity contribution is 5.76. The number of carbonyl (C=O) groups excluding carboxylic acids is 1. The quantitative estimate of drug-likeness (QED) is 0.927. The van der Waals surface area contributed by atoms with Gasteiger partial charge < -0.3 is 15.4 Å². The Bertz CT molecular complexity index is 502. The second-order valence-electron chi connectivity index (χ2n) is 6.12. The molecule has 2 unspecified atom stereocenters. The van der Waals surface area contributed by atoms with Crippen LogP contribution in [0.25, 0.3) is 0 Å². The van der Waals surface area contributed by atoms with E-state index in [0.717, 1.165) is 36.3 Å². The first-order valence-corrected chi connectivity index (χ1v) is 7.69. The normalized spacial score (nSPS) is 21.0. The van der Waals surface area contributed by atoms with Crippen molar-refractivity contribution in [1.82, 2.24) is 4.90 Å². The van der Waals surface area contributed by atoms with Crippen molar-refractivity contribution in [2.45, 2.75) is 39.2 Å². The first-order valence-electron chi connectivity index (χ1n) is 7.69. The molecule has 2 rings (SSSR count). The van der Waals surface area contributed by atoms with Gasteiger partial charge in [0, 0.05) is 25.1 Å². The summed E-state index contributed by atoms with van der Waals surface area (Å²) in [5.74, 6) is 1.63. The molecule has 1 amide bonds. The van der Waals surface area contributed by atoms with Crippen molar-refractivity contribution >= 4 is 5.91 Å². The van der Waals surface area contributed by atoms with Gasteiger partial charge in [-0.25, -0.2) is 0 Å². The van der Waals surface area contributed by atoms with Gasteiger partial charge in [-0.15, -0.1) is 0 Å². The fourth-order valence-corrected chi connectivity index (χ4v) is 2.85. The number of methoxy groups -OCH3 is 1. The summed E-state index contributed by atoms with van der Waals surface area (Å²) in [5, 5.41) is 0. The fourth-order valence-electron chi connectivity index (χ4n) is 2.85. The first-order chi connectivity index (χ1) is 10.0. The van der Waals surface area contributed by atoms with E-state index in [4.69, 9.17) is 10.5 Å². The molecule has 1 fully saturated rings. The molecule has 0 aliphatic carbocycles. The molecular weight excluding hydrogens is 264 g/mol. The highest BCUT2D eigenvalue weighted by atomic mass is 16.5. The number of ether oxygens (including phenoxy) is 1. The summed E-state index contributed by atoms with van der Waals surface area (Å²) in [5.41, 5.74) is 8.47. The van der Waals surface area contributed by atoms with Crippen molar-refractivity contribution in [3.63, 3.8) is 0 Å². The van der Waals surface area contributed by atoms with Crippen molar-refractivity contribution in [3.05, 3.63) is 29.3 Å². The van der Waals surface area contributed by atoms with Gasteiger partial charge in [0.25, 0.3) is 0 Å². The number of likely N-dealkylation sites (tertiary alicyclic amines) is 1. The molecule has 4 nitrogen and oxygen atoms in total. The predicted octanol–water partition coefficient (Wildman–Crippen LogP) is 2.65. The minimum Gasteiger partial charge on any atom is -0.496 e. The molecule has 0 spiro atoms. The van der Waals surface area contributed by atoms with Crippen LogP contribution in [0.15, 0.2) is 18.2 Å². The molecule has 116 valence electrons. The summed E-state index contributed by atoms with van der Waals surface area (Å²) in [6.45, 7) is 5.61. The molecule has 21 heavy (non-hydrogen) atoms. The molecule has 0 bridgehead atoms. The summed E-state index contributed by atoms with van der Waals surface area (Å²) in [4.78, 5) is 14.1. The number of nitrogens with zero attached hydrogens (tertiary/aromatic N) is 1. The summed E-state index contributed by atoms with van der Waals surface area (Å²) in [7, 11) is 1.65. The zero-order chi connectivity index (χ0) is 15.4. The number of carbonyl (C=O) groups is 1. The second-order valence-corrected chi connectivity index (χ2v) is 6.12. The van der Waals surface area contributed by atoms with Gasteiger partial charge in [0.15, 0.2) is 0 Å². The van der Waals surface area contributed by atoms with E-state index in [1.165, 1.54) is 0 Å². The van der Waals surface area contributed by atoms with Crippen LogP contribution >= 0.6 is 0 Å². The van der Waals surface area contributed by atoms with Gasteiger partial charge in [-0.1, -0.05) is 24.6 Å². The Labute approximate surface area is 127 Å². The van der Waals surface area contributed by atoms with Crippen LogP contribution in [0.3, 0.4) is 0 Å². The van der Waals surface area contributed by atoms with Crippen LogP contribution in [-0.2, 0) is 4.79 Å². The van der Waals surface area contributed by atoms with Crippen LogP contribution in [0.2, 0.25) is 0 Å². The number of hydrogen-bond acceptors (Lipinski definition) is 3. The minimum atomic E-state index is -0.211. The Kier molecular flexibility index (Phi) is 5.23. The largest absolute Gasteiger partial charge is 0.496 e. The number of aryl methyl sites for hydroxylation is 1. The lowest BCUT2D eigenvalue weighted by molar-refractivity contribution is -0.130. The topological polar surface area (TPSA) is 55.6 Å². The molecule has 1 aliphatic rings. The summed E-state index contributed by atoms with van der Waals surface area (Å²) >= 11 is 0. The van der Waals surface area contributed by atoms with Crippen LogP contribution in [0.4, 0.5) is 0 Å². The Hall–Kier alpha value is -1.55. The minimum absolute atomic E-state index is 0.211. The number of nitrogens with two attached hydrogens (primary N) is 1. The Morgan fingerprint density at radius 3 is 2.90 bits per heavy atom. The summed E-state index contributed by atoms with van der Waals surface area (Å²) < 4.78 is 5.40. The molecule has 2 N–H and O–H groups in total. The third kappa shape index (κ3) is 3.97. The SMILES string of the molecule is COc1ccc(C)cc1C(N)CN1CCC(C)CCC1=O. The smallest absolute Gasteiger partial charge is 0.222 e. The molecular formula is C17H26N2O2. The maximum atomic E-state index is 12.2. The Morgan fingerprint density at radius 2 is 2.19 bits per heavy atom. The molecule has 4 heteroatoms. The van der Waals surface area contributed by atoms with Crippen LogP contribution in [0.1, 0.15) is 43.4 Å². The van der Waals surface area contributed by atoms with Gasteiger partial charge in [-0.3, -0.25) is 4.79 Å². The Balaban J connectivity index is 2.11. The van der Waals surface area contributed by atoms with E-state index in [2.05, 4.69) is 13.0 Å². The molecule has 0 saturated carbocycles. The van der Waals surface area contributed by atoms with E-state index >= 15 is 0 Å². The Morgan fingerprint density at radius 1 is 1.43 bits per heavy atom. The van der Waals surface area contributed by atoms with Gasteiger partial charge in [0.2, 0.25) is 5.91 Å². The average molecular weight is 290 g/mol. The summed E-state index contributed by atoms with van der Waals surface area (Å²) in [6, 6.07) is 5.79. The lowest BCUT2D eigenvalue weighted by atomic mass is 10.0. The van der Waals surface area contributed by atoms with E-state index < -0.39 is 0 Å². The van der Waals surface area contributed by atoms with Crippen LogP contribution in [0, 0.1) is 12.8 Å². The predicted molar refractivity (Wildman–Crippen MR) is 84.3 cm³/mol. The summed E-state index contributed by atoms with van der Waals surface area (Å²) in [6.07, 6.45) is 2.68. The molecule has 1 heterocycles. The van der Waals surface area contributed by atoms with Crippen molar-refractivity contribution in [2.24, 2.45) is 11.7 Å². The zero-order valence-corrected chi connectivity index (χ0v) is 13.3. The van der Waals surface area contributed by atoms with Crippen molar-refractivity contribution in [2.75, 3.05) is 20.2 Å². The molecule has 1 aromatic carbocycles. The zero-order valence-electron chi connectivity index (χ0n) is 13.3. The standard InChI is InChI=1S/C17H26N2O2/c1-12-5-7-17(20)19(9-8-12)11-15(18)14-10-13(2)4-6-16(14)21-3/h4,6,10,12,15H,5,7-9,11,18H2,1-3H3. The number of rotatable bonds is 4.